The standard InChI is InChI=1S/C72H120O6/c1-4-7-10-13-16-19-22-25-28-30-32-33-34-35-36-37-38-39-41-42-44-47-50-53-56-59-62-65-71(74)77-68-69(67-76-70(73)64-61-58-55-52-49-46-27-24-21-18-15-12-9-6-3)78-72(75)66-63-60-57-54-51-48-45-43-40-31-29-26-23-20-17-14-11-8-5-2/h7-8,10-11,16-17,19-20,24-29,32-33,35-36,40,43,69H,4-6,9,12-15,18,21-23,30-31,34,37-39,41-42,44-68H2,1-3H3/b10-7-,11-8-,19-16-,20-17-,27-24-,28-25-,29-26-,33-32-,36-35-,43-40-. The third-order valence-corrected chi connectivity index (χ3v) is 13.7. The average Bonchev–Trinajstić information content (AvgIpc) is 3.44. The van der Waals surface area contributed by atoms with Gasteiger partial charge in [-0.15, -0.1) is 0 Å². The van der Waals surface area contributed by atoms with Gasteiger partial charge in [0.1, 0.15) is 13.2 Å². The minimum atomic E-state index is -0.794. The maximum atomic E-state index is 12.9. The lowest BCUT2D eigenvalue weighted by molar-refractivity contribution is -0.167. The number of rotatable bonds is 58. The van der Waals surface area contributed by atoms with Crippen LogP contribution in [0.5, 0.6) is 0 Å². The van der Waals surface area contributed by atoms with Crippen molar-refractivity contribution in [2.75, 3.05) is 13.2 Å². The molecule has 444 valence electrons. The Bertz CT molecular complexity index is 1620. The summed E-state index contributed by atoms with van der Waals surface area (Å²) in [4.78, 5) is 38.3. The Balaban J connectivity index is 4.35. The van der Waals surface area contributed by atoms with E-state index in [2.05, 4.69) is 142 Å². The van der Waals surface area contributed by atoms with Crippen molar-refractivity contribution in [3.63, 3.8) is 0 Å². The van der Waals surface area contributed by atoms with Gasteiger partial charge in [-0.2, -0.15) is 0 Å². The van der Waals surface area contributed by atoms with Crippen LogP contribution in [-0.4, -0.2) is 37.2 Å². The van der Waals surface area contributed by atoms with E-state index in [1.807, 2.05) is 0 Å². The highest BCUT2D eigenvalue weighted by Crippen LogP contribution is 2.16. The van der Waals surface area contributed by atoms with Gasteiger partial charge in [0.2, 0.25) is 0 Å². The molecule has 0 bridgehead atoms. The number of allylic oxidation sites excluding steroid dienone is 20. The van der Waals surface area contributed by atoms with Crippen molar-refractivity contribution >= 4 is 17.9 Å². The molecule has 0 saturated heterocycles. The minimum Gasteiger partial charge on any atom is -0.462 e. The molecule has 0 aliphatic carbocycles. The molecule has 0 heterocycles. The average molecular weight is 1080 g/mol. The Labute approximate surface area is 482 Å². The topological polar surface area (TPSA) is 78.9 Å². The fourth-order valence-corrected chi connectivity index (χ4v) is 8.87. The number of esters is 3. The Morgan fingerprint density at radius 2 is 0.500 bits per heavy atom. The first-order valence-corrected chi connectivity index (χ1v) is 32.5. The summed E-state index contributed by atoms with van der Waals surface area (Å²) < 4.78 is 16.9. The normalized spacial score (nSPS) is 12.9. The van der Waals surface area contributed by atoms with Crippen molar-refractivity contribution in [1.29, 1.82) is 0 Å². The first-order chi connectivity index (χ1) is 38.5. The molecule has 0 saturated carbocycles. The fourth-order valence-electron chi connectivity index (χ4n) is 8.87. The summed E-state index contributed by atoms with van der Waals surface area (Å²) in [7, 11) is 0. The van der Waals surface area contributed by atoms with Crippen molar-refractivity contribution in [1.82, 2.24) is 0 Å². The van der Waals surface area contributed by atoms with Crippen LogP contribution in [0.3, 0.4) is 0 Å². The van der Waals surface area contributed by atoms with E-state index in [1.165, 1.54) is 122 Å². The van der Waals surface area contributed by atoms with Gasteiger partial charge in [-0.05, 0) is 128 Å². The highest BCUT2D eigenvalue weighted by molar-refractivity contribution is 5.71. The van der Waals surface area contributed by atoms with E-state index in [0.29, 0.717) is 19.3 Å². The van der Waals surface area contributed by atoms with Crippen LogP contribution >= 0.6 is 0 Å². The second kappa shape index (κ2) is 65.3. The SMILES string of the molecule is CC/C=C\C/C=C\C/C=C\C/C=C\C/C=C\CCCCCCCCCCCCCC(=O)OCC(COC(=O)CCCCCCC/C=C\CCCCCCC)OC(=O)CCCCCCCC/C=C\C/C=C\C/C=C\C/C=C\CC. The molecule has 0 N–H and O–H groups in total. The molecule has 1 atom stereocenters. The largest absolute Gasteiger partial charge is 0.462 e. The van der Waals surface area contributed by atoms with E-state index < -0.39 is 6.10 Å². The molecule has 1 unspecified atom stereocenters. The quantitative estimate of drug-likeness (QED) is 0.0261. The zero-order valence-corrected chi connectivity index (χ0v) is 50.9. The summed E-state index contributed by atoms with van der Waals surface area (Å²) >= 11 is 0. The van der Waals surface area contributed by atoms with Crippen LogP contribution in [0.15, 0.2) is 122 Å². The molecule has 6 nitrogen and oxygen atoms in total. The molecule has 6 heteroatoms. The van der Waals surface area contributed by atoms with E-state index in [4.69, 9.17) is 14.2 Å². The summed E-state index contributed by atoms with van der Waals surface area (Å²) in [6.07, 6.45) is 90.6. The highest BCUT2D eigenvalue weighted by atomic mass is 16.6. The summed E-state index contributed by atoms with van der Waals surface area (Å²) in [6, 6.07) is 0. The number of hydrogen-bond donors (Lipinski definition) is 0. The lowest BCUT2D eigenvalue weighted by Crippen LogP contribution is -2.30. The van der Waals surface area contributed by atoms with E-state index >= 15 is 0 Å². The first-order valence-electron chi connectivity index (χ1n) is 32.5. The molecular formula is C72H120O6. The van der Waals surface area contributed by atoms with Crippen molar-refractivity contribution < 1.29 is 28.6 Å². The van der Waals surface area contributed by atoms with Gasteiger partial charge in [-0.3, -0.25) is 14.4 Å². The summed E-state index contributed by atoms with van der Waals surface area (Å²) in [5.74, 6) is -0.909. The molecule has 0 spiro atoms. The Morgan fingerprint density at radius 3 is 0.795 bits per heavy atom. The van der Waals surface area contributed by atoms with Gasteiger partial charge < -0.3 is 14.2 Å². The van der Waals surface area contributed by atoms with Gasteiger partial charge in [-0.1, -0.05) is 271 Å². The highest BCUT2D eigenvalue weighted by Gasteiger charge is 2.19. The number of carbonyl (C=O) groups excluding carboxylic acids is 3. The van der Waals surface area contributed by atoms with E-state index in [1.54, 1.807) is 0 Å². The second-order valence-corrected chi connectivity index (χ2v) is 21.3. The number of carbonyl (C=O) groups is 3. The summed E-state index contributed by atoms with van der Waals surface area (Å²) in [5, 5.41) is 0. The molecule has 0 radical (unpaired) electrons. The lowest BCUT2D eigenvalue weighted by Gasteiger charge is -2.18. The third kappa shape index (κ3) is 62.7. The van der Waals surface area contributed by atoms with E-state index in [9.17, 15) is 14.4 Å². The van der Waals surface area contributed by atoms with Crippen molar-refractivity contribution in [3.05, 3.63) is 122 Å². The summed E-state index contributed by atoms with van der Waals surface area (Å²) in [5.41, 5.74) is 0. The zero-order valence-electron chi connectivity index (χ0n) is 50.9. The monoisotopic (exact) mass is 1080 g/mol. The van der Waals surface area contributed by atoms with Gasteiger partial charge >= 0.3 is 17.9 Å². The van der Waals surface area contributed by atoms with Crippen LogP contribution < -0.4 is 0 Å². The van der Waals surface area contributed by atoms with Gasteiger partial charge in [0.05, 0.1) is 0 Å². The van der Waals surface area contributed by atoms with Crippen LogP contribution in [0, 0.1) is 0 Å². The minimum absolute atomic E-state index is 0.0895. The van der Waals surface area contributed by atoms with Crippen LogP contribution in [0.2, 0.25) is 0 Å². The predicted octanol–water partition coefficient (Wildman–Crippen LogP) is 22.4. The zero-order chi connectivity index (χ0) is 56.4. The fraction of sp³-hybridized carbons (Fsp3) is 0.681. The molecule has 0 aliphatic heterocycles. The Kier molecular flexibility index (Phi) is 61.8. The molecule has 0 amide bonds. The molecule has 78 heavy (non-hydrogen) atoms. The maximum absolute atomic E-state index is 12.9. The molecule has 0 aromatic heterocycles. The van der Waals surface area contributed by atoms with Crippen molar-refractivity contribution in [3.8, 4) is 0 Å². The maximum Gasteiger partial charge on any atom is 0.306 e. The molecule has 0 rings (SSSR count). The third-order valence-electron chi connectivity index (χ3n) is 13.7. The predicted molar refractivity (Wildman–Crippen MR) is 339 cm³/mol. The van der Waals surface area contributed by atoms with E-state index in [-0.39, 0.29) is 31.1 Å². The van der Waals surface area contributed by atoms with Gasteiger partial charge in [0.25, 0.3) is 0 Å². The van der Waals surface area contributed by atoms with Gasteiger partial charge in [0, 0.05) is 19.3 Å². The summed E-state index contributed by atoms with van der Waals surface area (Å²) in [6.45, 7) is 6.40. The van der Waals surface area contributed by atoms with Crippen LogP contribution in [0.1, 0.15) is 297 Å². The molecular weight excluding hydrogens is 961 g/mol. The molecule has 0 aliphatic rings. The lowest BCUT2D eigenvalue weighted by atomic mass is 10.0. The molecule has 0 fully saturated rings. The van der Waals surface area contributed by atoms with Crippen molar-refractivity contribution in [2.45, 2.75) is 303 Å². The van der Waals surface area contributed by atoms with E-state index in [0.717, 1.165) is 135 Å². The van der Waals surface area contributed by atoms with Gasteiger partial charge in [-0.25, -0.2) is 0 Å². The second-order valence-electron chi connectivity index (χ2n) is 21.3. The molecule has 0 aromatic carbocycles. The Morgan fingerprint density at radius 1 is 0.269 bits per heavy atom. The number of unbranched alkanes of at least 4 members (excludes halogenated alkanes) is 27. The van der Waals surface area contributed by atoms with Crippen LogP contribution in [0.4, 0.5) is 0 Å². The Hall–Kier alpha value is -4.19. The number of ether oxygens (including phenoxy) is 3. The number of hydrogen-bond acceptors (Lipinski definition) is 6. The first kappa shape index (κ1) is 73.8. The van der Waals surface area contributed by atoms with Crippen molar-refractivity contribution in [2.24, 2.45) is 0 Å². The van der Waals surface area contributed by atoms with Crippen LogP contribution in [-0.2, 0) is 28.6 Å². The smallest absolute Gasteiger partial charge is 0.306 e. The molecule has 0 aromatic rings. The van der Waals surface area contributed by atoms with Crippen LogP contribution in [0.25, 0.3) is 0 Å². The van der Waals surface area contributed by atoms with Gasteiger partial charge in [0.15, 0.2) is 6.10 Å².